The van der Waals surface area contributed by atoms with Crippen LogP contribution in [-0.2, 0) is 11.2 Å². The van der Waals surface area contributed by atoms with Gasteiger partial charge in [0.05, 0.1) is 6.10 Å². The smallest absolute Gasteiger partial charge is 0.308 e. The molecule has 1 saturated carbocycles. The zero-order valence-electron chi connectivity index (χ0n) is 19.4. The SMILES string of the molecule is CC(=O)Oc1cc(OC(C)CCCc2ccccc2)cc2c1C1CCCC[C@@H]1[C@@H](O)N2C. The summed E-state index contributed by atoms with van der Waals surface area (Å²) in [4.78, 5) is 13.8. The van der Waals surface area contributed by atoms with Crippen molar-refractivity contribution in [1.82, 2.24) is 0 Å². The van der Waals surface area contributed by atoms with Gasteiger partial charge in [-0.1, -0.05) is 43.2 Å². The summed E-state index contributed by atoms with van der Waals surface area (Å²) in [5, 5.41) is 11.0. The molecule has 0 saturated heterocycles. The largest absolute Gasteiger partial charge is 0.491 e. The fourth-order valence-electron chi connectivity index (χ4n) is 5.39. The van der Waals surface area contributed by atoms with Crippen LogP contribution in [0.5, 0.6) is 11.5 Å². The summed E-state index contributed by atoms with van der Waals surface area (Å²) in [5.74, 6) is 1.30. The van der Waals surface area contributed by atoms with Gasteiger partial charge in [0.1, 0.15) is 17.7 Å². The number of rotatable bonds is 7. The van der Waals surface area contributed by atoms with Crippen LogP contribution in [0.25, 0.3) is 0 Å². The molecule has 0 spiro atoms. The van der Waals surface area contributed by atoms with Gasteiger partial charge in [0.15, 0.2) is 0 Å². The fourth-order valence-corrected chi connectivity index (χ4v) is 5.39. The lowest BCUT2D eigenvalue weighted by Gasteiger charge is -2.46. The summed E-state index contributed by atoms with van der Waals surface area (Å²) in [7, 11) is 1.92. The maximum atomic E-state index is 11.9. The molecule has 4 atom stereocenters. The first-order valence-electron chi connectivity index (χ1n) is 11.9. The summed E-state index contributed by atoms with van der Waals surface area (Å²) in [6.07, 6.45) is 6.75. The van der Waals surface area contributed by atoms with Crippen molar-refractivity contribution in [3.8, 4) is 11.5 Å². The molecule has 32 heavy (non-hydrogen) atoms. The number of aliphatic hydroxyl groups is 1. The number of benzene rings is 2. The van der Waals surface area contributed by atoms with E-state index in [1.54, 1.807) is 0 Å². The van der Waals surface area contributed by atoms with Crippen LogP contribution in [0.1, 0.15) is 69.4 Å². The Morgan fingerprint density at radius 3 is 2.69 bits per heavy atom. The third-order valence-electron chi connectivity index (χ3n) is 6.95. The highest BCUT2D eigenvalue weighted by molar-refractivity contribution is 5.74. The van der Waals surface area contributed by atoms with E-state index >= 15 is 0 Å². The zero-order valence-corrected chi connectivity index (χ0v) is 19.4. The van der Waals surface area contributed by atoms with E-state index in [0.717, 1.165) is 56.2 Å². The van der Waals surface area contributed by atoms with Gasteiger partial charge in [0, 0.05) is 43.3 Å². The van der Waals surface area contributed by atoms with E-state index in [2.05, 4.69) is 31.2 Å². The molecule has 1 fully saturated rings. The molecule has 4 rings (SSSR count). The lowest BCUT2D eigenvalue weighted by Crippen LogP contribution is -2.46. The van der Waals surface area contributed by atoms with Gasteiger partial charge in [-0.05, 0) is 50.5 Å². The van der Waals surface area contributed by atoms with E-state index in [-0.39, 0.29) is 23.9 Å². The summed E-state index contributed by atoms with van der Waals surface area (Å²) < 4.78 is 11.9. The molecule has 2 aliphatic rings. The van der Waals surface area contributed by atoms with E-state index in [1.165, 1.54) is 12.5 Å². The summed E-state index contributed by atoms with van der Waals surface area (Å²) in [6.45, 7) is 3.51. The minimum absolute atomic E-state index is 0.0307. The second kappa shape index (κ2) is 9.95. The van der Waals surface area contributed by atoms with Gasteiger partial charge in [0.2, 0.25) is 0 Å². The number of aliphatic hydroxyl groups excluding tert-OH is 1. The Morgan fingerprint density at radius 1 is 1.19 bits per heavy atom. The molecule has 2 unspecified atom stereocenters. The molecular weight excluding hydrogens is 402 g/mol. The molecular formula is C27H35NO4. The van der Waals surface area contributed by atoms with E-state index in [4.69, 9.17) is 9.47 Å². The molecule has 1 aliphatic heterocycles. The molecule has 172 valence electrons. The van der Waals surface area contributed by atoms with Gasteiger partial charge in [0.25, 0.3) is 0 Å². The van der Waals surface area contributed by atoms with Crippen molar-refractivity contribution in [1.29, 1.82) is 0 Å². The average molecular weight is 438 g/mol. The first kappa shape index (κ1) is 22.7. The number of nitrogens with zero attached hydrogens (tertiary/aromatic N) is 1. The minimum Gasteiger partial charge on any atom is -0.491 e. The number of carbonyl (C=O) groups excluding carboxylic acids is 1. The molecule has 5 heteroatoms. The Morgan fingerprint density at radius 2 is 1.94 bits per heavy atom. The molecule has 5 nitrogen and oxygen atoms in total. The third-order valence-corrected chi connectivity index (χ3v) is 6.95. The molecule has 0 aromatic heterocycles. The number of hydrogen-bond acceptors (Lipinski definition) is 5. The predicted octanol–water partition coefficient (Wildman–Crippen LogP) is 5.44. The van der Waals surface area contributed by atoms with Crippen LogP contribution < -0.4 is 14.4 Å². The number of carbonyl (C=O) groups is 1. The van der Waals surface area contributed by atoms with Crippen molar-refractivity contribution < 1.29 is 19.4 Å². The zero-order chi connectivity index (χ0) is 22.7. The maximum Gasteiger partial charge on any atom is 0.308 e. The molecule has 1 N–H and O–H groups in total. The van der Waals surface area contributed by atoms with Gasteiger partial charge >= 0.3 is 5.97 Å². The van der Waals surface area contributed by atoms with Crippen LogP contribution in [0.4, 0.5) is 5.69 Å². The molecule has 0 amide bonds. The van der Waals surface area contributed by atoms with Crippen LogP contribution in [0.3, 0.4) is 0 Å². The van der Waals surface area contributed by atoms with Gasteiger partial charge in [-0.2, -0.15) is 0 Å². The Hall–Kier alpha value is -2.53. The summed E-state index contributed by atoms with van der Waals surface area (Å²) >= 11 is 0. The highest BCUT2D eigenvalue weighted by Gasteiger charge is 2.42. The Labute approximate surface area is 191 Å². The van der Waals surface area contributed by atoms with Crippen LogP contribution >= 0.6 is 0 Å². The number of aryl methyl sites for hydroxylation is 1. The highest BCUT2D eigenvalue weighted by atomic mass is 16.5. The fraction of sp³-hybridized carbons (Fsp3) is 0.519. The lowest BCUT2D eigenvalue weighted by atomic mass is 9.71. The number of esters is 1. The van der Waals surface area contributed by atoms with Crippen molar-refractivity contribution >= 4 is 11.7 Å². The van der Waals surface area contributed by atoms with Gasteiger partial charge < -0.3 is 19.5 Å². The highest BCUT2D eigenvalue weighted by Crippen LogP contribution is 2.52. The molecule has 1 aliphatic carbocycles. The third kappa shape index (κ3) is 4.93. The average Bonchev–Trinajstić information content (AvgIpc) is 2.77. The Kier molecular flexibility index (Phi) is 7.04. The molecule has 2 aromatic carbocycles. The second-order valence-electron chi connectivity index (χ2n) is 9.33. The standard InChI is InChI=1S/C27H35NO4/c1-18(10-9-13-20-11-5-4-6-12-20)31-21-16-24-26(25(17-21)32-19(2)29)22-14-7-8-15-23(22)27(30)28(24)3/h4-6,11-12,16-18,22-23,27,30H,7-10,13-15H2,1-3H3/t18?,22?,23-,27+/m0/s1. The normalized spacial score (nSPS) is 23.1. The van der Waals surface area contributed by atoms with Crippen LogP contribution in [0.2, 0.25) is 0 Å². The van der Waals surface area contributed by atoms with Crippen LogP contribution in [0.15, 0.2) is 42.5 Å². The topological polar surface area (TPSA) is 59.0 Å². The molecule has 2 aromatic rings. The van der Waals surface area contributed by atoms with Crippen molar-refractivity contribution in [3.63, 3.8) is 0 Å². The van der Waals surface area contributed by atoms with Crippen LogP contribution in [-0.4, -0.2) is 30.5 Å². The summed E-state index contributed by atoms with van der Waals surface area (Å²) in [6, 6.07) is 14.4. The van der Waals surface area contributed by atoms with E-state index in [0.29, 0.717) is 11.5 Å². The second-order valence-corrected chi connectivity index (χ2v) is 9.33. The predicted molar refractivity (Wildman–Crippen MR) is 126 cm³/mol. The van der Waals surface area contributed by atoms with Gasteiger partial charge in [-0.15, -0.1) is 0 Å². The Balaban J connectivity index is 1.54. The first-order chi connectivity index (χ1) is 15.4. The summed E-state index contributed by atoms with van der Waals surface area (Å²) in [5.41, 5.74) is 3.29. The van der Waals surface area contributed by atoms with Crippen molar-refractivity contribution in [2.45, 2.75) is 77.0 Å². The van der Waals surface area contributed by atoms with Crippen molar-refractivity contribution in [2.24, 2.45) is 5.92 Å². The van der Waals surface area contributed by atoms with Crippen LogP contribution in [0, 0.1) is 5.92 Å². The van der Waals surface area contributed by atoms with Gasteiger partial charge in [-0.3, -0.25) is 4.79 Å². The molecule has 1 heterocycles. The van der Waals surface area contributed by atoms with E-state index in [9.17, 15) is 9.90 Å². The van der Waals surface area contributed by atoms with Crippen molar-refractivity contribution in [3.05, 3.63) is 53.6 Å². The van der Waals surface area contributed by atoms with Gasteiger partial charge in [-0.25, -0.2) is 0 Å². The monoisotopic (exact) mass is 437 g/mol. The number of anilines is 1. The molecule has 0 radical (unpaired) electrons. The maximum absolute atomic E-state index is 11.9. The minimum atomic E-state index is -0.531. The lowest BCUT2D eigenvalue weighted by molar-refractivity contribution is -0.131. The van der Waals surface area contributed by atoms with E-state index < -0.39 is 6.23 Å². The van der Waals surface area contributed by atoms with E-state index in [1.807, 2.05) is 30.1 Å². The number of hydrogen-bond donors (Lipinski definition) is 1. The molecule has 0 bridgehead atoms. The quantitative estimate of drug-likeness (QED) is 0.461. The number of ether oxygens (including phenoxy) is 2. The Bertz CT molecular complexity index is 929. The van der Waals surface area contributed by atoms with Crippen molar-refractivity contribution in [2.75, 3.05) is 11.9 Å². The first-order valence-corrected chi connectivity index (χ1v) is 11.9. The number of fused-ring (bicyclic) bond motifs is 3.